The van der Waals surface area contributed by atoms with Crippen LogP contribution in [0.25, 0.3) is 0 Å². The van der Waals surface area contributed by atoms with Crippen LogP contribution in [0.1, 0.15) is 49.5 Å². The molecular weight excluding hydrogens is 280 g/mol. The molecule has 1 N–H and O–H groups in total. The zero-order chi connectivity index (χ0) is 16.1. The Bertz CT molecular complexity index is 607. The number of aliphatic hydroxyl groups excluding tert-OH is 1. The van der Waals surface area contributed by atoms with Gasteiger partial charge in [0.05, 0.1) is 13.2 Å². The van der Waals surface area contributed by atoms with Gasteiger partial charge in [-0.2, -0.15) is 0 Å². The molecule has 4 heteroatoms. The van der Waals surface area contributed by atoms with Gasteiger partial charge in [-0.15, -0.1) is 0 Å². The summed E-state index contributed by atoms with van der Waals surface area (Å²) in [7, 11) is 1.59. The first kappa shape index (κ1) is 15.3. The number of methoxy groups -OCH3 is 1. The fourth-order valence-corrected chi connectivity index (χ4v) is 4.21. The number of aldehydes is 1. The first-order chi connectivity index (χ1) is 10.3. The van der Waals surface area contributed by atoms with E-state index in [1.54, 1.807) is 13.2 Å². The average Bonchev–Trinajstić information content (AvgIpc) is 2.49. The molecule has 1 aromatic rings. The molecule has 0 amide bonds. The van der Waals surface area contributed by atoms with Gasteiger partial charge in [-0.25, -0.2) is 0 Å². The molecule has 4 nitrogen and oxygen atoms in total. The number of benzene rings is 1. The molecule has 0 unspecified atom stereocenters. The van der Waals surface area contributed by atoms with Crippen LogP contribution in [-0.2, 0) is 6.42 Å². The van der Waals surface area contributed by atoms with E-state index in [0.29, 0.717) is 11.3 Å². The van der Waals surface area contributed by atoms with Crippen LogP contribution in [0.3, 0.4) is 0 Å². The van der Waals surface area contributed by atoms with Crippen molar-refractivity contribution in [1.29, 1.82) is 0 Å². The van der Waals surface area contributed by atoms with Crippen LogP contribution in [0.4, 0.5) is 0 Å². The Morgan fingerprint density at radius 3 is 2.73 bits per heavy atom. The molecule has 0 bridgehead atoms. The lowest BCUT2D eigenvalue weighted by Gasteiger charge is -2.55. The van der Waals surface area contributed by atoms with E-state index in [1.807, 2.05) is 6.07 Å². The lowest BCUT2D eigenvalue weighted by atomic mass is 9.57. The van der Waals surface area contributed by atoms with Gasteiger partial charge in [0.1, 0.15) is 11.9 Å². The summed E-state index contributed by atoms with van der Waals surface area (Å²) in [5, 5.41) is 10.4. The number of fused-ring (bicyclic) bond motifs is 2. The van der Waals surface area contributed by atoms with E-state index in [2.05, 4.69) is 20.8 Å². The van der Waals surface area contributed by atoms with Gasteiger partial charge in [0, 0.05) is 11.5 Å². The van der Waals surface area contributed by atoms with Gasteiger partial charge in [0.2, 0.25) is 0 Å². The first-order valence-corrected chi connectivity index (χ1v) is 7.85. The molecule has 22 heavy (non-hydrogen) atoms. The summed E-state index contributed by atoms with van der Waals surface area (Å²) in [4.78, 5) is 11.1. The molecule has 3 rings (SSSR count). The molecule has 1 fully saturated rings. The van der Waals surface area contributed by atoms with Gasteiger partial charge in [-0.1, -0.05) is 13.8 Å². The summed E-state index contributed by atoms with van der Waals surface area (Å²) in [6, 6.07) is 3.60. The Hall–Kier alpha value is -1.55. The maximum absolute atomic E-state index is 11.1. The maximum atomic E-state index is 11.1. The summed E-state index contributed by atoms with van der Waals surface area (Å²) in [6.07, 6.45) is 2.85. The molecule has 0 spiro atoms. The molecule has 1 aromatic carbocycles. The van der Waals surface area contributed by atoms with Gasteiger partial charge < -0.3 is 14.6 Å². The molecule has 1 heterocycles. The Morgan fingerprint density at radius 2 is 2.09 bits per heavy atom. The van der Waals surface area contributed by atoms with Gasteiger partial charge >= 0.3 is 0 Å². The number of hydrogen-bond acceptors (Lipinski definition) is 4. The minimum absolute atomic E-state index is 0.197. The highest BCUT2D eigenvalue weighted by Gasteiger charge is 2.54. The van der Waals surface area contributed by atoms with E-state index < -0.39 is 0 Å². The predicted octanol–water partition coefficient (Wildman–Crippen LogP) is 3.00. The lowest BCUT2D eigenvalue weighted by molar-refractivity contribution is -0.138. The van der Waals surface area contributed by atoms with Crippen molar-refractivity contribution in [3.05, 3.63) is 23.3 Å². The summed E-state index contributed by atoms with van der Waals surface area (Å²) >= 11 is 0. The highest BCUT2D eigenvalue weighted by Crippen LogP contribution is 2.54. The molecule has 0 radical (unpaired) electrons. The van der Waals surface area contributed by atoms with Crippen LogP contribution in [-0.4, -0.2) is 30.2 Å². The number of ether oxygens (including phenoxy) is 2. The van der Waals surface area contributed by atoms with Crippen LogP contribution in [0.5, 0.6) is 11.5 Å². The molecule has 0 saturated heterocycles. The zero-order valence-electron chi connectivity index (χ0n) is 13.7. The van der Waals surface area contributed by atoms with Crippen molar-refractivity contribution in [2.45, 2.75) is 51.7 Å². The second-order valence-corrected chi connectivity index (χ2v) is 7.38. The van der Waals surface area contributed by atoms with Crippen LogP contribution in [0.15, 0.2) is 12.1 Å². The van der Waals surface area contributed by atoms with Crippen LogP contribution < -0.4 is 9.47 Å². The Morgan fingerprint density at radius 1 is 1.36 bits per heavy atom. The standard InChI is InChI=1S/C18H24O4/c1-17(2)14-9-12-7-11(10-19)8-13(21-4)16(12)22-18(14,3)6-5-15(17)20/h7-8,10,14-15,20H,5-6,9H2,1-4H3/t14-,15-,18-/m1/s1. The molecule has 120 valence electrons. The summed E-state index contributed by atoms with van der Waals surface area (Å²) in [5.74, 6) is 1.56. The Kier molecular flexibility index (Phi) is 3.48. The topological polar surface area (TPSA) is 55.8 Å². The van der Waals surface area contributed by atoms with Crippen molar-refractivity contribution in [3.8, 4) is 11.5 Å². The summed E-state index contributed by atoms with van der Waals surface area (Å²) < 4.78 is 11.8. The zero-order valence-corrected chi connectivity index (χ0v) is 13.7. The fraction of sp³-hybridized carbons (Fsp3) is 0.611. The van der Waals surface area contributed by atoms with Crippen LogP contribution in [0, 0.1) is 11.3 Å². The van der Waals surface area contributed by atoms with Crippen molar-refractivity contribution < 1.29 is 19.4 Å². The van der Waals surface area contributed by atoms with E-state index in [1.165, 1.54) is 0 Å². The minimum Gasteiger partial charge on any atom is -0.493 e. The van der Waals surface area contributed by atoms with Crippen molar-refractivity contribution in [2.24, 2.45) is 11.3 Å². The maximum Gasteiger partial charge on any atom is 0.165 e. The van der Waals surface area contributed by atoms with E-state index in [9.17, 15) is 9.90 Å². The number of hydrogen-bond donors (Lipinski definition) is 1. The number of carbonyl (C=O) groups is 1. The average molecular weight is 304 g/mol. The van der Waals surface area contributed by atoms with Gasteiger partial charge in [-0.3, -0.25) is 4.79 Å². The van der Waals surface area contributed by atoms with Crippen molar-refractivity contribution >= 4 is 6.29 Å². The van der Waals surface area contributed by atoms with Gasteiger partial charge in [0.25, 0.3) is 0 Å². The van der Waals surface area contributed by atoms with E-state index in [0.717, 1.165) is 36.9 Å². The highest BCUT2D eigenvalue weighted by molar-refractivity contribution is 5.77. The molecule has 1 aliphatic heterocycles. The van der Waals surface area contributed by atoms with Crippen molar-refractivity contribution in [3.63, 3.8) is 0 Å². The SMILES string of the molecule is COc1cc(C=O)cc2c1O[C@]1(C)CC[C@@H](O)C(C)(C)[C@H]1C2. The Balaban J connectivity index is 2.10. The van der Waals surface area contributed by atoms with Crippen LogP contribution >= 0.6 is 0 Å². The quantitative estimate of drug-likeness (QED) is 0.853. The van der Waals surface area contributed by atoms with Gasteiger partial charge in [0.15, 0.2) is 11.5 Å². The predicted molar refractivity (Wildman–Crippen MR) is 83.6 cm³/mol. The molecule has 0 aromatic heterocycles. The van der Waals surface area contributed by atoms with Crippen molar-refractivity contribution in [1.82, 2.24) is 0 Å². The lowest BCUT2D eigenvalue weighted by Crippen LogP contribution is -2.58. The van der Waals surface area contributed by atoms with E-state index in [4.69, 9.17) is 9.47 Å². The largest absolute Gasteiger partial charge is 0.493 e. The number of rotatable bonds is 2. The number of carbonyl (C=O) groups excluding carboxylic acids is 1. The fourth-order valence-electron chi connectivity index (χ4n) is 4.21. The Labute approximate surface area is 131 Å². The molecular formula is C18H24O4. The third-order valence-electron chi connectivity index (χ3n) is 5.68. The van der Waals surface area contributed by atoms with Crippen LogP contribution in [0.2, 0.25) is 0 Å². The second kappa shape index (κ2) is 4.98. The first-order valence-electron chi connectivity index (χ1n) is 7.85. The summed E-state index contributed by atoms with van der Waals surface area (Å²) in [5.41, 5.74) is 1.05. The second-order valence-electron chi connectivity index (χ2n) is 7.38. The highest BCUT2D eigenvalue weighted by atomic mass is 16.5. The number of aliphatic hydroxyl groups is 1. The van der Waals surface area contributed by atoms with E-state index in [-0.39, 0.29) is 23.0 Å². The third kappa shape index (κ3) is 2.12. The normalized spacial score (nSPS) is 32.4. The third-order valence-corrected chi connectivity index (χ3v) is 5.68. The van der Waals surface area contributed by atoms with E-state index >= 15 is 0 Å². The van der Waals surface area contributed by atoms with Gasteiger partial charge in [-0.05, 0) is 49.3 Å². The molecule has 2 aliphatic rings. The molecule has 1 saturated carbocycles. The smallest absolute Gasteiger partial charge is 0.165 e. The van der Waals surface area contributed by atoms with Crippen molar-refractivity contribution in [2.75, 3.05) is 7.11 Å². The molecule has 3 atom stereocenters. The molecule has 1 aliphatic carbocycles. The summed E-state index contributed by atoms with van der Waals surface area (Å²) in [6.45, 7) is 6.34. The minimum atomic E-state index is -0.327. The monoisotopic (exact) mass is 304 g/mol.